The molecule has 1 heterocycles. The van der Waals surface area contributed by atoms with Crippen LogP contribution >= 0.6 is 0 Å². The molecule has 6 heavy (non-hydrogen) atoms. The zero-order chi connectivity index (χ0) is 4.57. The van der Waals surface area contributed by atoms with E-state index in [0.717, 1.165) is 13.1 Å². The van der Waals surface area contributed by atoms with Gasteiger partial charge in [-0.25, -0.2) is 5.01 Å². The Morgan fingerprint density at radius 2 is 2.17 bits per heavy atom. The van der Waals surface area contributed by atoms with Crippen molar-refractivity contribution in [2.24, 2.45) is 5.84 Å². The zero-order valence-corrected chi connectivity index (χ0v) is 3.29. The van der Waals surface area contributed by atoms with Crippen LogP contribution in [-0.2, 0) is 0 Å². The second-order valence-corrected chi connectivity index (χ2v) is 1.26. The first-order valence-corrected chi connectivity index (χ1v) is 1.77. The van der Waals surface area contributed by atoms with Gasteiger partial charge in [0, 0.05) is 13.1 Å². The fourth-order valence-electron chi connectivity index (χ4n) is 0.242. The van der Waals surface area contributed by atoms with Crippen molar-refractivity contribution in [1.82, 2.24) is 10.3 Å². The maximum atomic E-state index is 9.83. The van der Waals surface area contributed by atoms with Gasteiger partial charge in [-0.1, -0.05) is 0 Å². The van der Waals surface area contributed by atoms with E-state index in [1.165, 1.54) is 5.01 Å². The molecule has 1 aliphatic heterocycles. The number of nitrogens with two attached hydrogens (primary N) is 1. The normalized spacial score (nSPS) is 22.5. The molecule has 1 saturated heterocycles. The van der Waals surface area contributed by atoms with Gasteiger partial charge in [-0.05, 0) is 0 Å². The molecule has 0 spiro atoms. The standard InChI is InChI=1S/C2H6N3O/c3-5(6)4-1-2-4/h1-3H2/q-1. The smallest absolute Gasteiger partial charge is 0.0279 e. The predicted molar refractivity (Wildman–Crippen MR) is 21.0 cm³/mol. The lowest BCUT2D eigenvalue weighted by Gasteiger charge is -2.20. The lowest BCUT2D eigenvalue weighted by atomic mass is 11.0. The minimum Gasteiger partial charge on any atom is -0.758 e. The fraction of sp³-hybridized carbons (Fsp3) is 1.00. The second-order valence-electron chi connectivity index (χ2n) is 1.26. The molecule has 0 aromatic carbocycles. The number of hydrazine groups is 2. The second kappa shape index (κ2) is 1.16. The molecule has 0 saturated carbocycles. The third-order valence-corrected chi connectivity index (χ3v) is 0.702. The van der Waals surface area contributed by atoms with E-state index in [1.807, 2.05) is 0 Å². The monoisotopic (exact) mass is 88.1 g/mol. The van der Waals surface area contributed by atoms with Gasteiger partial charge >= 0.3 is 0 Å². The van der Waals surface area contributed by atoms with Crippen LogP contribution in [0.3, 0.4) is 0 Å². The van der Waals surface area contributed by atoms with Crippen LogP contribution in [0.4, 0.5) is 0 Å². The molecular formula is C2H6N3O-. The summed E-state index contributed by atoms with van der Waals surface area (Å²) in [5.74, 6) is 4.70. The van der Waals surface area contributed by atoms with Crippen molar-refractivity contribution in [1.29, 1.82) is 0 Å². The Labute approximate surface area is 35.6 Å². The Hall–Kier alpha value is -0.160. The predicted octanol–water partition coefficient (Wildman–Crippen LogP) is -1.11. The number of hydrogen-bond donors (Lipinski definition) is 1. The molecule has 2 N–H and O–H groups in total. The van der Waals surface area contributed by atoms with Crippen molar-refractivity contribution >= 4 is 0 Å². The van der Waals surface area contributed by atoms with Crippen LogP contribution < -0.4 is 5.84 Å². The summed E-state index contributed by atoms with van der Waals surface area (Å²) in [6.07, 6.45) is 0. The lowest BCUT2D eigenvalue weighted by molar-refractivity contribution is 0.161. The van der Waals surface area contributed by atoms with Crippen LogP contribution in [0.5, 0.6) is 0 Å². The summed E-state index contributed by atoms with van der Waals surface area (Å²) in [5, 5.41) is 11.7. The minimum atomic E-state index is 0.361. The van der Waals surface area contributed by atoms with Gasteiger partial charge < -0.3 is 5.21 Å². The molecule has 4 nitrogen and oxygen atoms in total. The van der Waals surface area contributed by atoms with Gasteiger partial charge in [0.05, 0.1) is 0 Å². The van der Waals surface area contributed by atoms with Crippen molar-refractivity contribution in [2.75, 3.05) is 13.1 Å². The van der Waals surface area contributed by atoms with Gasteiger partial charge in [0.25, 0.3) is 0 Å². The summed E-state index contributed by atoms with van der Waals surface area (Å²) in [4.78, 5) is 0. The highest BCUT2D eigenvalue weighted by atomic mass is 16.6. The quantitative estimate of drug-likeness (QED) is 0.251. The maximum absolute atomic E-state index is 9.83. The van der Waals surface area contributed by atoms with E-state index in [1.54, 1.807) is 0 Å². The lowest BCUT2D eigenvalue weighted by Crippen LogP contribution is -2.29. The highest BCUT2D eigenvalue weighted by molar-refractivity contribution is 4.66. The molecular weight excluding hydrogens is 82.0 g/mol. The summed E-state index contributed by atoms with van der Waals surface area (Å²) in [6.45, 7) is 1.64. The zero-order valence-electron chi connectivity index (χ0n) is 3.29. The SMILES string of the molecule is NN([O-])N1CC1. The van der Waals surface area contributed by atoms with E-state index >= 15 is 0 Å². The molecule has 36 valence electrons. The van der Waals surface area contributed by atoms with Crippen molar-refractivity contribution in [3.05, 3.63) is 5.21 Å². The minimum absolute atomic E-state index is 0.361. The van der Waals surface area contributed by atoms with E-state index < -0.39 is 0 Å². The van der Waals surface area contributed by atoms with E-state index in [4.69, 9.17) is 5.84 Å². The summed E-state index contributed by atoms with van der Waals surface area (Å²) in [5.41, 5.74) is 0. The summed E-state index contributed by atoms with van der Waals surface area (Å²) in [6, 6.07) is 0. The van der Waals surface area contributed by atoms with Crippen LogP contribution in [0, 0.1) is 5.21 Å². The number of rotatable bonds is 1. The maximum Gasteiger partial charge on any atom is 0.0279 e. The molecule has 0 aromatic heterocycles. The molecule has 1 rings (SSSR count). The fourth-order valence-corrected chi connectivity index (χ4v) is 0.242. The Morgan fingerprint density at radius 1 is 1.67 bits per heavy atom. The van der Waals surface area contributed by atoms with Gasteiger partial charge in [-0.2, -0.15) is 0 Å². The first-order valence-electron chi connectivity index (χ1n) is 1.77. The molecule has 4 heteroatoms. The number of hydrogen-bond acceptors (Lipinski definition) is 4. The Bertz CT molecular complexity index is 50.8. The van der Waals surface area contributed by atoms with Gasteiger partial charge in [0.2, 0.25) is 0 Å². The van der Waals surface area contributed by atoms with Crippen LogP contribution in [0.25, 0.3) is 0 Å². The average Bonchev–Trinajstić information content (AvgIpc) is 2.06. The van der Waals surface area contributed by atoms with Crippen molar-refractivity contribution < 1.29 is 0 Å². The Balaban J connectivity index is 2.13. The number of nitrogens with zero attached hydrogens (tertiary/aromatic N) is 2. The largest absolute Gasteiger partial charge is 0.758 e. The van der Waals surface area contributed by atoms with E-state index in [9.17, 15) is 5.21 Å². The van der Waals surface area contributed by atoms with E-state index in [0.29, 0.717) is 5.28 Å². The first-order chi connectivity index (χ1) is 2.80. The van der Waals surface area contributed by atoms with E-state index in [2.05, 4.69) is 0 Å². The summed E-state index contributed by atoms with van der Waals surface area (Å²) >= 11 is 0. The highest BCUT2D eigenvalue weighted by Crippen LogP contribution is 2.01. The van der Waals surface area contributed by atoms with Gasteiger partial charge in [0.15, 0.2) is 0 Å². The molecule has 0 aromatic rings. The van der Waals surface area contributed by atoms with Gasteiger partial charge in [-0.15, -0.1) is 0 Å². The van der Waals surface area contributed by atoms with E-state index in [-0.39, 0.29) is 0 Å². The Kier molecular flexibility index (Phi) is 0.776. The highest BCUT2D eigenvalue weighted by Gasteiger charge is 2.15. The summed E-state index contributed by atoms with van der Waals surface area (Å²) < 4.78 is 0. The molecule has 0 unspecified atom stereocenters. The van der Waals surface area contributed by atoms with Crippen molar-refractivity contribution in [3.63, 3.8) is 0 Å². The van der Waals surface area contributed by atoms with Crippen molar-refractivity contribution in [3.8, 4) is 0 Å². The molecule has 0 bridgehead atoms. The molecule has 0 amide bonds. The van der Waals surface area contributed by atoms with Gasteiger partial charge in [0.1, 0.15) is 0 Å². The first kappa shape index (κ1) is 4.01. The van der Waals surface area contributed by atoms with Crippen LogP contribution in [0.1, 0.15) is 0 Å². The third kappa shape index (κ3) is 0.662. The van der Waals surface area contributed by atoms with Crippen LogP contribution in [0.15, 0.2) is 0 Å². The van der Waals surface area contributed by atoms with Crippen molar-refractivity contribution in [2.45, 2.75) is 0 Å². The Morgan fingerprint density at radius 3 is 2.17 bits per heavy atom. The molecule has 0 radical (unpaired) electrons. The summed E-state index contributed by atoms with van der Waals surface area (Å²) in [7, 11) is 0. The molecule has 0 atom stereocenters. The third-order valence-electron chi connectivity index (χ3n) is 0.702. The molecule has 0 aliphatic carbocycles. The topological polar surface area (TPSA) is 55.3 Å². The van der Waals surface area contributed by atoms with Crippen LogP contribution in [-0.4, -0.2) is 23.4 Å². The van der Waals surface area contributed by atoms with Gasteiger partial charge in [-0.3, -0.25) is 11.1 Å². The average molecular weight is 88.1 g/mol. The van der Waals surface area contributed by atoms with Crippen LogP contribution in [0.2, 0.25) is 0 Å². The molecule has 1 aliphatic rings. The molecule has 1 fully saturated rings.